The van der Waals surface area contributed by atoms with Gasteiger partial charge in [0.1, 0.15) is 5.82 Å². The highest BCUT2D eigenvalue weighted by Crippen LogP contribution is 2.34. The molecule has 0 saturated carbocycles. The molecule has 0 spiro atoms. The van der Waals surface area contributed by atoms with Gasteiger partial charge in [-0.15, -0.1) is 0 Å². The Labute approximate surface area is 216 Å². The summed E-state index contributed by atoms with van der Waals surface area (Å²) in [6.45, 7) is 6.40. The van der Waals surface area contributed by atoms with Crippen LogP contribution in [0, 0.1) is 12.8 Å². The lowest BCUT2D eigenvalue weighted by Gasteiger charge is -2.38. The fourth-order valence-corrected chi connectivity index (χ4v) is 4.65. The summed E-state index contributed by atoms with van der Waals surface area (Å²) in [5.41, 5.74) is 1.61. The number of likely N-dealkylation sites (tertiary alicyclic amines) is 1. The molecule has 2 heterocycles. The van der Waals surface area contributed by atoms with Crippen molar-refractivity contribution >= 4 is 39.4 Å². The topological polar surface area (TPSA) is 161 Å². The molecule has 1 aromatic carbocycles. The van der Waals surface area contributed by atoms with Crippen molar-refractivity contribution in [2.75, 3.05) is 23.8 Å². The number of aromatic nitrogens is 1. The molecular weight excluding hydrogens is 498 g/mol. The summed E-state index contributed by atoms with van der Waals surface area (Å²) in [5, 5.41) is 10.3. The van der Waals surface area contributed by atoms with E-state index in [9.17, 15) is 22.8 Å². The van der Waals surface area contributed by atoms with E-state index in [0.717, 1.165) is 24.8 Å². The predicted octanol–water partition coefficient (Wildman–Crippen LogP) is 3.32. The highest BCUT2D eigenvalue weighted by Gasteiger charge is 2.34. The molecule has 3 amide bonds. The Kier molecular flexibility index (Phi) is 9.22. The SMILES string of the molecule is CCCCOC(=O)Nc1ncc(NC(=O)C(=O)N2C[C@H](C)CC[C@H]2c2ccc(S(N)(=O)=O)cc2)cc1C. The lowest BCUT2D eigenvalue weighted by atomic mass is 9.90. The molecular formula is C25H33N5O6S. The third kappa shape index (κ3) is 7.49. The van der Waals surface area contributed by atoms with Crippen molar-refractivity contribution in [2.45, 2.75) is 57.4 Å². The van der Waals surface area contributed by atoms with E-state index in [1.165, 1.54) is 23.2 Å². The standard InChI is InChI=1S/C25H33N5O6S/c1-4-5-12-36-25(33)29-22-17(3)13-19(14-27-22)28-23(31)24(32)30-15-16(2)6-11-21(30)18-7-9-20(10-8-18)37(26,34)35/h7-10,13-14,16,21H,4-6,11-12,15H2,1-3H3,(H,28,31)(H2,26,34,35)(H,27,29,33)/t16-,21+/m1/s1. The van der Waals surface area contributed by atoms with Gasteiger partial charge in [0.25, 0.3) is 0 Å². The molecule has 200 valence electrons. The predicted molar refractivity (Wildman–Crippen MR) is 138 cm³/mol. The Morgan fingerprint density at radius 2 is 1.86 bits per heavy atom. The van der Waals surface area contributed by atoms with E-state index in [-0.39, 0.29) is 16.9 Å². The van der Waals surface area contributed by atoms with E-state index in [0.29, 0.717) is 36.6 Å². The van der Waals surface area contributed by atoms with Crippen LogP contribution in [0.25, 0.3) is 0 Å². The van der Waals surface area contributed by atoms with Crippen molar-refractivity contribution in [3.8, 4) is 0 Å². The Morgan fingerprint density at radius 1 is 1.16 bits per heavy atom. The number of benzene rings is 1. The first-order valence-corrected chi connectivity index (χ1v) is 13.7. The summed E-state index contributed by atoms with van der Waals surface area (Å²) in [7, 11) is -3.84. The minimum atomic E-state index is -3.84. The molecule has 1 fully saturated rings. The van der Waals surface area contributed by atoms with E-state index < -0.39 is 27.9 Å². The van der Waals surface area contributed by atoms with Crippen LogP contribution in [0.4, 0.5) is 16.3 Å². The lowest BCUT2D eigenvalue weighted by molar-refractivity contribution is -0.146. The first-order valence-electron chi connectivity index (χ1n) is 12.1. The number of nitrogens with zero attached hydrogens (tertiary/aromatic N) is 2. The van der Waals surface area contributed by atoms with Crippen LogP contribution in [-0.2, 0) is 24.3 Å². The number of hydrogen-bond acceptors (Lipinski definition) is 7. The average molecular weight is 532 g/mol. The van der Waals surface area contributed by atoms with Gasteiger partial charge in [0.05, 0.1) is 29.4 Å². The number of primary sulfonamides is 1. The molecule has 12 heteroatoms. The quantitative estimate of drug-likeness (QED) is 0.365. The van der Waals surface area contributed by atoms with Crippen LogP contribution in [0.3, 0.4) is 0 Å². The van der Waals surface area contributed by atoms with Crippen LogP contribution < -0.4 is 15.8 Å². The number of ether oxygens (including phenoxy) is 1. The van der Waals surface area contributed by atoms with Gasteiger partial charge in [0, 0.05) is 6.54 Å². The molecule has 0 bridgehead atoms. The lowest BCUT2D eigenvalue weighted by Crippen LogP contribution is -2.46. The molecule has 11 nitrogen and oxygen atoms in total. The highest BCUT2D eigenvalue weighted by atomic mass is 32.2. The number of aryl methyl sites for hydroxylation is 1. The van der Waals surface area contributed by atoms with E-state index in [1.807, 2.05) is 13.8 Å². The van der Waals surface area contributed by atoms with Crippen LogP contribution in [0.5, 0.6) is 0 Å². The molecule has 4 N–H and O–H groups in total. The van der Waals surface area contributed by atoms with E-state index >= 15 is 0 Å². The van der Waals surface area contributed by atoms with Gasteiger partial charge in [-0.05, 0) is 61.4 Å². The average Bonchev–Trinajstić information content (AvgIpc) is 2.85. The van der Waals surface area contributed by atoms with E-state index in [1.54, 1.807) is 25.1 Å². The summed E-state index contributed by atoms with van der Waals surface area (Å²) in [6.07, 6.45) is 3.88. The van der Waals surface area contributed by atoms with Crippen molar-refractivity contribution in [1.82, 2.24) is 9.88 Å². The minimum absolute atomic E-state index is 0.0222. The molecule has 1 aliphatic heterocycles. The minimum Gasteiger partial charge on any atom is -0.449 e. The highest BCUT2D eigenvalue weighted by molar-refractivity contribution is 7.89. The van der Waals surface area contributed by atoms with Crippen LogP contribution in [0.2, 0.25) is 0 Å². The number of rotatable bonds is 7. The molecule has 2 aromatic rings. The third-order valence-electron chi connectivity index (χ3n) is 6.15. The molecule has 1 aliphatic rings. The van der Waals surface area contributed by atoms with Gasteiger partial charge in [-0.25, -0.2) is 23.3 Å². The van der Waals surface area contributed by atoms with Gasteiger partial charge in [0.2, 0.25) is 10.0 Å². The molecule has 1 aromatic heterocycles. The fourth-order valence-electron chi connectivity index (χ4n) is 4.13. The number of nitrogens with one attached hydrogen (secondary N) is 2. The van der Waals surface area contributed by atoms with Gasteiger partial charge in [-0.3, -0.25) is 14.9 Å². The van der Waals surface area contributed by atoms with E-state index in [4.69, 9.17) is 9.88 Å². The molecule has 0 radical (unpaired) electrons. The second-order valence-corrected chi connectivity index (χ2v) is 10.8. The van der Waals surface area contributed by atoms with Crippen molar-refractivity contribution < 1.29 is 27.5 Å². The van der Waals surface area contributed by atoms with Crippen molar-refractivity contribution in [3.63, 3.8) is 0 Å². The number of amides is 3. The monoisotopic (exact) mass is 531 g/mol. The molecule has 3 rings (SSSR count). The number of unbranched alkanes of at least 4 members (excludes halogenated alkanes) is 1. The van der Waals surface area contributed by atoms with Crippen LogP contribution in [-0.4, -0.2) is 49.4 Å². The summed E-state index contributed by atoms with van der Waals surface area (Å²) >= 11 is 0. The van der Waals surface area contributed by atoms with Crippen molar-refractivity contribution in [1.29, 1.82) is 0 Å². The summed E-state index contributed by atoms with van der Waals surface area (Å²) < 4.78 is 28.2. The maximum absolute atomic E-state index is 13.2. The van der Waals surface area contributed by atoms with Gasteiger partial charge in [-0.2, -0.15) is 0 Å². The zero-order valence-electron chi connectivity index (χ0n) is 21.2. The summed E-state index contributed by atoms with van der Waals surface area (Å²) in [5.74, 6) is -1.03. The molecule has 0 unspecified atom stereocenters. The fraction of sp³-hybridized carbons (Fsp3) is 0.440. The second kappa shape index (κ2) is 12.2. The van der Waals surface area contributed by atoms with Crippen molar-refractivity contribution in [2.24, 2.45) is 11.1 Å². The number of carbonyl (C=O) groups is 3. The number of sulfonamides is 1. The van der Waals surface area contributed by atoms with E-state index in [2.05, 4.69) is 15.6 Å². The molecule has 1 saturated heterocycles. The third-order valence-corrected chi connectivity index (χ3v) is 7.08. The maximum Gasteiger partial charge on any atom is 0.412 e. The largest absolute Gasteiger partial charge is 0.449 e. The normalized spacial score (nSPS) is 17.7. The summed E-state index contributed by atoms with van der Waals surface area (Å²) in [6, 6.07) is 7.25. The first kappa shape index (κ1) is 28.1. The number of anilines is 2. The Bertz CT molecular complexity index is 1250. The zero-order chi connectivity index (χ0) is 27.2. The molecule has 37 heavy (non-hydrogen) atoms. The van der Waals surface area contributed by atoms with Gasteiger partial charge in [-0.1, -0.05) is 32.4 Å². The smallest absolute Gasteiger partial charge is 0.412 e. The Hall–Kier alpha value is -3.51. The van der Waals surface area contributed by atoms with Crippen molar-refractivity contribution in [3.05, 3.63) is 47.7 Å². The van der Waals surface area contributed by atoms with Gasteiger partial charge >= 0.3 is 17.9 Å². The number of carbonyl (C=O) groups excluding carboxylic acids is 3. The maximum atomic E-state index is 13.2. The molecule has 2 atom stereocenters. The molecule has 0 aliphatic carbocycles. The van der Waals surface area contributed by atoms with Crippen LogP contribution in [0.1, 0.15) is 56.7 Å². The second-order valence-electron chi connectivity index (χ2n) is 9.23. The summed E-state index contributed by atoms with van der Waals surface area (Å²) in [4.78, 5) is 43.6. The number of piperidine rings is 1. The number of hydrogen-bond donors (Lipinski definition) is 3. The zero-order valence-corrected chi connectivity index (χ0v) is 22.0. The first-order chi connectivity index (χ1) is 17.5. The number of pyridine rings is 1. The van der Waals surface area contributed by atoms with Crippen LogP contribution >= 0.6 is 0 Å². The Balaban J connectivity index is 1.70. The number of nitrogens with two attached hydrogens (primary N) is 1. The Morgan fingerprint density at radius 3 is 2.49 bits per heavy atom. The van der Waals surface area contributed by atoms with Gasteiger partial charge in [0.15, 0.2) is 0 Å². The van der Waals surface area contributed by atoms with Gasteiger partial charge < -0.3 is 15.0 Å². The van der Waals surface area contributed by atoms with Crippen LogP contribution in [0.15, 0.2) is 41.4 Å².